The summed E-state index contributed by atoms with van der Waals surface area (Å²) in [4.78, 5) is 10.5. The van der Waals surface area contributed by atoms with Gasteiger partial charge < -0.3 is 9.84 Å². The zero-order valence-corrected chi connectivity index (χ0v) is 11.8. The van der Waals surface area contributed by atoms with Crippen molar-refractivity contribution in [3.05, 3.63) is 65.0 Å². The molecule has 3 nitrogen and oxygen atoms in total. The maximum Gasteiger partial charge on any atom is 0.328 e. The molecule has 0 spiro atoms. The van der Waals surface area contributed by atoms with Crippen LogP contribution in [0.3, 0.4) is 0 Å². The van der Waals surface area contributed by atoms with E-state index in [0.29, 0.717) is 5.75 Å². The van der Waals surface area contributed by atoms with Gasteiger partial charge in [-0.2, -0.15) is 0 Å². The number of benzene rings is 2. The van der Waals surface area contributed by atoms with E-state index in [0.717, 1.165) is 22.8 Å². The normalized spacial score (nSPS) is 10.8. The lowest BCUT2D eigenvalue weighted by Crippen LogP contribution is -1.92. The van der Waals surface area contributed by atoms with Crippen LogP contribution in [0.25, 0.3) is 6.08 Å². The molecule has 0 aliphatic heterocycles. The molecule has 0 aromatic heterocycles. The zero-order chi connectivity index (χ0) is 15.4. The second-order valence-electron chi connectivity index (χ2n) is 4.73. The van der Waals surface area contributed by atoms with E-state index in [4.69, 9.17) is 9.84 Å². The Kier molecular flexibility index (Phi) is 4.38. The average Bonchev–Trinajstić information content (AvgIpc) is 2.43. The van der Waals surface area contributed by atoms with Crippen LogP contribution in [0, 0.1) is 19.7 Å². The van der Waals surface area contributed by atoms with E-state index in [1.165, 1.54) is 12.1 Å². The van der Waals surface area contributed by atoms with Gasteiger partial charge in [-0.15, -0.1) is 0 Å². The van der Waals surface area contributed by atoms with Gasteiger partial charge in [0.25, 0.3) is 0 Å². The number of carbonyl (C=O) groups is 1. The lowest BCUT2D eigenvalue weighted by molar-refractivity contribution is -0.131. The first-order valence-electron chi connectivity index (χ1n) is 6.41. The second kappa shape index (κ2) is 6.22. The van der Waals surface area contributed by atoms with Crippen LogP contribution < -0.4 is 4.74 Å². The number of aryl methyl sites for hydroxylation is 2. The Bertz CT molecular complexity index is 705. The van der Waals surface area contributed by atoms with Gasteiger partial charge >= 0.3 is 5.97 Å². The molecule has 0 heterocycles. The van der Waals surface area contributed by atoms with E-state index in [1.807, 2.05) is 13.8 Å². The molecule has 0 amide bonds. The molecular weight excluding hydrogens is 271 g/mol. The molecule has 0 unspecified atom stereocenters. The summed E-state index contributed by atoms with van der Waals surface area (Å²) in [6, 6.07) is 9.86. The fraction of sp³-hybridized carbons (Fsp3) is 0.118. The molecule has 0 radical (unpaired) electrons. The Morgan fingerprint density at radius 1 is 1.14 bits per heavy atom. The Balaban J connectivity index is 2.25. The maximum absolute atomic E-state index is 13.7. The summed E-state index contributed by atoms with van der Waals surface area (Å²) in [7, 11) is 0. The predicted octanol–water partition coefficient (Wildman–Crippen LogP) is 4.33. The third kappa shape index (κ3) is 3.92. The summed E-state index contributed by atoms with van der Waals surface area (Å²) < 4.78 is 19.3. The Hall–Kier alpha value is -2.62. The Labute approximate surface area is 122 Å². The quantitative estimate of drug-likeness (QED) is 0.851. The molecule has 0 saturated heterocycles. The van der Waals surface area contributed by atoms with Crippen LogP contribution in [0.4, 0.5) is 4.39 Å². The van der Waals surface area contributed by atoms with E-state index < -0.39 is 11.8 Å². The van der Waals surface area contributed by atoms with E-state index in [9.17, 15) is 9.18 Å². The van der Waals surface area contributed by atoms with Crippen molar-refractivity contribution in [2.24, 2.45) is 0 Å². The van der Waals surface area contributed by atoms with Crippen LogP contribution in [-0.2, 0) is 4.79 Å². The molecule has 0 fully saturated rings. The van der Waals surface area contributed by atoms with Gasteiger partial charge in [-0.05, 0) is 60.9 Å². The minimum Gasteiger partial charge on any atom is -0.478 e. The van der Waals surface area contributed by atoms with Gasteiger partial charge in [-0.1, -0.05) is 12.1 Å². The fourth-order valence-electron chi connectivity index (χ4n) is 1.87. The summed E-state index contributed by atoms with van der Waals surface area (Å²) in [5, 5.41) is 8.60. The summed E-state index contributed by atoms with van der Waals surface area (Å²) in [5.41, 5.74) is 2.44. The van der Waals surface area contributed by atoms with Crippen molar-refractivity contribution in [2.75, 3.05) is 0 Å². The van der Waals surface area contributed by atoms with Gasteiger partial charge in [-0.25, -0.2) is 9.18 Å². The molecule has 1 N–H and O–H groups in total. The van der Waals surface area contributed by atoms with Gasteiger partial charge in [0, 0.05) is 6.08 Å². The molecule has 0 aliphatic rings. The molecule has 108 valence electrons. The van der Waals surface area contributed by atoms with Gasteiger partial charge in [0.1, 0.15) is 5.75 Å². The number of carboxylic acids is 1. The number of hydrogen-bond donors (Lipinski definition) is 1. The maximum atomic E-state index is 13.7. The first-order valence-corrected chi connectivity index (χ1v) is 6.41. The molecular formula is C17H15FO3. The third-order valence-electron chi connectivity index (χ3n) is 2.92. The molecule has 0 saturated carbocycles. The minimum absolute atomic E-state index is 0.173. The van der Waals surface area contributed by atoms with Crippen molar-refractivity contribution in [3.8, 4) is 11.5 Å². The highest BCUT2D eigenvalue weighted by Crippen LogP contribution is 2.28. The smallest absolute Gasteiger partial charge is 0.328 e. The van der Waals surface area contributed by atoms with E-state index in [2.05, 4.69) is 0 Å². The molecule has 21 heavy (non-hydrogen) atoms. The minimum atomic E-state index is -1.00. The first-order chi connectivity index (χ1) is 9.95. The van der Waals surface area contributed by atoms with Crippen LogP contribution in [0.2, 0.25) is 0 Å². The summed E-state index contributed by atoms with van der Waals surface area (Å²) in [5.74, 6) is -0.719. The molecule has 0 aliphatic carbocycles. The predicted molar refractivity (Wildman–Crippen MR) is 79.1 cm³/mol. The molecule has 0 bridgehead atoms. The third-order valence-corrected chi connectivity index (χ3v) is 2.92. The standard InChI is InChI=1S/C17H15FO3/c1-11-3-6-14(18)16(9-11)21-15-7-4-13(10-12(15)2)5-8-17(19)20/h3-10H,1-2H3,(H,19,20). The van der Waals surface area contributed by atoms with Gasteiger partial charge in [-0.3, -0.25) is 0 Å². The van der Waals surface area contributed by atoms with Gasteiger partial charge in [0.15, 0.2) is 11.6 Å². The number of halogens is 1. The SMILES string of the molecule is Cc1ccc(F)c(Oc2ccc(C=CC(=O)O)cc2C)c1. The Morgan fingerprint density at radius 3 is 2.57 bits per heavy atom. The lowest BCUT2D eigenvalue weighted by Gasteiger charge is -2.10. The molecule has 4 heteroatoms. The van der Waals surface area contributed by atoms with Crippen molar-refractivity contribution in [2.45, 2.75) is 13.8 Å². The second-order valence-corrected chi connectivity index (χ2v) is 4.73. The van der Waals surface area contributed by atoms with Crippen LogP contribution in [0.1, 0.15) is 16.7 Å². The number of ether oxygens (including phenoxy) is 1. The van der Waals surface area contributed by atoms with E-state index in [1.54, 1.807) is 30.3 Å². The van der Waals surface area contributed by atoms with Gasteiger partial charge in [0.05, 0.1) is 0 Å². The van der Waals surface area contributed by atoms with E-state index in [-0.39, 0.29) is 5.75 Å². The fourth-order valence-corrected chi connectivity index (χ4v) is 1.87. The highest BCUT2D eigenvalue weighted by atomic mass is 19.1. The van der Waals surface area contributed by atoms with Crippen molar-refractivity contribution >= 4 is 12.0 Å². The van der Waals surface area contributed by atoms with Crippen molar-refractivity contribution in [1.82, 2.24) is 0 Å². The molecule has 0 atom stereocenters. The van der Waals surface area contributed by atoms with Crippen molar-refractivity contribution in [3.63, 3.8) is 0 Å². The summed E-state index contributed by atoms with van der Waals surface area (Å²) >= 11 is 0. The van der Waals surface area contributed by atoms with E-state index >= 15 is 0 Å². The van der Waals surface area contributed by atoms with Crippen LogP contribution in [0.5, 0.6) is 11.5 Å². The number of rotatable bonds is 4. The van der Waals surface area contributed by atoms with Crippen LogP contribution in [0.15, 0.2) is 42.5 Å². The zero-order valence-electron chi connectivity index (χ0n) is 11.8. The highest BCUT2D eigenvalue weighted by molar-refractivity contribution is 5.85. The molecule has 2 aromatic carbocycles. The largest absolute Gasteiger partial charge is 0.478 e. The monoisotopic (exact) mass is 286 g/mol. The van der Waals surface area contributed by atoms with Crippen LogP contribution in [-0.4, -0.2) is 11.1 Å². The first kappa shape index (κ1) is 14.8. The summed E-state index contributed by atoms with van der Waals surface area (Å²) in [6.45, 7) is 3.68. The number of hydrogen-bond acceptors (Lipinski definition) is 2. The topological polar surface area (TPSA) is 46.5 Å². The molecule has 2 aromatic rings. The van der Waals surface area contributed by atoms with Gasteiger partial charge in [0.2, 0.25) is 0 Å². The number of carboxylic acid groups (broad SMARTS) is 1. The van der Waals surface area contributed by atoms with Crippen molar-refractivity contribution in [1.29, 1.82) is 0 Å². The highest BCUT2D eigenvalue weighted by Gasteiger charge is 2.07. The lowest BCUT2D eigenvalue weighted by atomic mass is 10.1. The Morgan fingerprint density at radius 2 is 1.90 bits per heavy atom. The number of aliphatic carboxylic acids is 1. The molecule has 2 rings (SSSR count). The van der Waals surface area contributed by atoms with Crippen LogP contribution >= 0.6 is 0 Å². The van der Waals surface area contributed by atoms with Crippen molar-refractivity contribution < 1.29 is 19.0 Å². The summed E-state index contributed by atoms with van der Waals surface area (Å²) in [6.07, 6.45) is 2.56. The average molecular weight is 286 g/mol.